The summed E-state index contributed by atoms with van der Waals surface area (Å²) in [6.07, 6.45) is 4.44. The molecule has 7 nitrogen and oxygen atoms in total. The van der Waals surface area contributed by atoms with Crippen LogP contribution in [0, 0.1) is 35.5 Å². The van der Waals surface area contributed by atoms with E-state index in [9.17, 15) is 19.2 Å². The van der Waals surface area contributed by atoms with Gasteiger partial charge in [0.25, 0.3) is 0 Å². The first kappa shape index (κ1) is 27.0. The summed E-state index contributed by atoms with van der Waals surface area (Å²) in [6, 6.07) is 22.4. The van der Waals surface area contributed by atoms with Crippen LogP contribution >= 0.6 is 11.6 Å². The van der Waals surface area contributed by atoms with Crippen LogP contribution in [0.5, 0.6) is 0 Å². The summed E-state index contributed by atoms with van der Waals surface area (Å²) in [5.41, 5.74) is 3.03. The van der Waals surface area contributed by atoms with Gasteiger partial charge in [-0.05, 0) is 85.5 Å². The van der Waals surface area contributed by atoms with E-state index in [4.69, 9.17) is 21.3 Å². The highest BCUT2D eigenvalue weighted by atomic mass is 35.5. The Morgan fingerprint density at radius 3 is 2.18 bits per heavy atom. The van der Waals surface area contributed by atoms with Gasteiger partial charge in [-0.15, -0.1) is 0 Å². The number of ketones is 1. The number of anilines is 1. The molecule has 2 bridgehead atoms. The molecule has 2 amide bonds. The molecule has 1 aliphatic heterocycles. The number of halogens is 1. The topological polar surface area (TPSA) is 93.6 Å². The zero-order valence-electron chi connectivity index (χ0n) is 23.7. The molecule has 7 unspecified atom stereocenters. The number of nitrogens with zero attached hydrogens (tertiary/aromatic N) is 2. The lowest BCUT2D eigenvalue weighted by atomic mass is 9.63. The molecule has 3 fully saturated rings. The molecular formula is C36H27ClN2O5. The maximum Gasteiger partial charge on any atom is 0.339 e. The Kier molecular flexibility index (Phi) is 6.10. The number of aromatic nitrogens is 1. The van der Waals surface area contributed by atoms with Gasteiger partial charge in [0.15, 0.2) is 6.10 Å². The summed E-state index contributed by atoms with van der Waals surface area (Å²) in [7, 11) is 0. The van der Waals surface area contributed by atoms with Crippen LogP contribution in [0.15, 0.2) is 91.0 Å². The molecule has 0 spiro atoms. The molecule has 9 rings (SSSR count). The Morgan fingerprint density at radius 1 is 0.886 bits per heavy atom. The van der Waals surface area contributed by atoms with E-state index in [1.54, 1.807) is 67.6 Å². The Labute approximate surface area is 258 Å². The Balaban J connectivity index is 1.07. The van der Waals surface area contributed by atoms with Crippen molar-refractivity contribution in [1.29, 1.82) is 0 Å². The van der Waals surface area contributed by atoms with Crippen molar-refractivity contribution in [3.05, 3.63) is 107 Å². The first-order chi connectivity index (χ1) is 21.3. The van der Waals surface area contributed by atoms with Gasteiger partial charge < -0.3 is 4.74 Å². The fourth-order valence-corrected chi connectivity index (χ4v) is 7.74. The lowest BCUT2D eigenvalue weighted by molar-refractivity contribution is -0.124. The summed E-state index contributed by atoms with van der Waals surface area (Å²) in [6.45, 7) is 1.54. The molecule has 8 heteroatoms. The van der Waals surface area contributed by atoms with Gasteiger partial charge in [0.2, 0.25) is 17.6 Å². The van der Waals surface area contributed by atoms with Crippen molar-refractivity contribution in [2.75, 3.05) is 4.90 Å². The normalized spacial score (nSPS) is 26.8. The number of hydrogen-bond acceptors (Lipinski definition) is 6. The Morgan fingerprint density at radius 2 is 1.52 bits per heavy atom. The largest absolute Gasteiger partial charge is 0.451 e. The third-order valence-corrected chi connectivity index (χ3v) is 10.1. The van der Waals surface area contributed by atoms with Crippen LogP contribution in [0.1, 0.15) is 34.1 Å². The van der Waals surface area contributed by atoms with E-state index in [-0.39, 0.29) is 46.8 Å². The number of carbonyl (C=O) groups is 4. The van der Waals surface area contributed by atoms with Crippen molar-refractivity contribution in [2.45, 2.75) is 19.4 Å². The number of rotatable bonds is 6. The third kappa shape index (κ3) is 4.14. The molecule has 0 N–H and O–H groups in total. The number of ether oxygens (including phenoxy) is 1. The van der Waals surface area contributed by atoms with Crippen LogP contribution in [0.4, 0.5) is 5.69 Å². The first-order valence-corrected chi connectivity index (χ1v) is 15.2. The fourth-order valence-electron chi connectivity index (χ4n) is 7.61. The predicted octanol–water partition coefficient (Wildman–Crippen LogP) is 6.54. The minimum Gasteiger partial charge on any atom is -0.451 e. The summed E-state index contributed by atoms with van der Waals surface area (Å²) in [4.78, 5) is 59.6. The van der Waals surface area contributed by atoms with Crippen molar-refractivity contribution in [1.82, 2.24) is 4.98 Å². The highest BCUT2D eigenvalue weighted by Gasteiger charge is 2.67. The smallest absolute Gasteiger partial charge is 0.339 e. The molecule has 2 heterocycles. The second kappa shape index (κ2) is 9.96. The van der Waals surface area contributed by atoms with Gasteiger partial charge in [-0.1, -0.05) is 54.1 Å². The molecule has 2 saturated carbocycles. The minimum absolute atomic E-state index is 0.103. The van der Waals surface area contributed by atoms with E-state index in [0.717, 1.165) is 6.42 Å². The summed E-state index contributed by atoms with van der Waals surface area (Å²) >= 11 is 5.94. The highest BCUT2D eigenvalue weighted by Crippen LogP contribution is 2.65. The average molecular weight is 603 g/mol. The number of benzene rings is 3. The molecule has 0 radical (unpaired) electrons. The van der Waals surface area contributed by atoms with Crippen LogP contribution < -0.4 is 4.90 Å². The number of esters is 1. The number of amides is 2. The van der Waals surface area contributed by atoms with E-state index in [1.807, 2.05) is 18.2 Å². The molecule has 4 aromatic rings. The van der Waals surface area contributed by atoms with Gasteiger partial charge in [-0.3, -0.25) is 19.3 Å². The fraction of sp³-hybridized carbons (Fsp3) is 0.250. The SMILES string of the molecule is CC(OC(=O)c1cc(-c2ccc(N3C(=O)C4C5C=CC(C6CC56)C4C3=O)cc2)nc2ccccc12)C(=O)c1ccc(Cl)cc1. The maximum absolute atomic E-state index is 13.5. The maximum atomic E-state index is 13.5. The minimum atomic E-state index is -1.02. The number of hydrogen-bond donors (Lipinski definition) is 0. The molecule has 3 aromatic carbocycles. The third-order valence-electron chi connectivity index (χ3n) is 9.80. The second-order valence-corrected chi connectivity index (χ2v) is 12.6. The van der Waals surface area contributed by atoms with Crippen LogP contribution in [-0.4, -0.2) is 34.7 Å². The summed E-state index contributed by atoms with van der Waals surface area (Å²) in [5, 5.41) is 1.10. The number of pyridine rings is 1. The van der Waals surface area contributed by atoms with E-state index in [1.165, 1.54) is 4.90 Å². The lowest BCUT2D eigenvalue weighted by Crippen LogP contribution is -2.40. The van der Waals surface area contributed by atoms with Gasteiger partial charge in [-0.25, -0.2) is 9.78 Å². The van der Waals surface area contributed by atoms with Crippen molar-refractivity contribution < 1.29 is 23.9 Å². The van der Waals surface area contributed by atoms with E-state index in [0.29, 0.717) is 50.3 Å². The van der Waals surface area contributed by atoms with Gasteiger partial charge in [-0.2, -0.15) is 0 Å². The molecule has 44 heavy (non-hydrogen) atoms. The van der Waals surface area contributed by atoms with Crippen molar-refractivity contribution in [2.24, 2.45) is 35.5 Å². The number of allylic oxidation sites excluding steroid dienone is 2. The predicted molar refractivity (Wildman–Crippen MR) is 165 cm³/mol. The first-order valence-electron chi connectivity index (χ1n) is 14.9. The molecular weight excluding hydrogens is 576 g/mol. The van der Waals surface area contributed by atoms with Gasteiger partial charge in [0.05, 0.1) is 34.3 Å². The number of para-hydroxylation sites is 1. The molecule has 4 aliphatic carbocycles. The highest BCUT2D eigenvalue weighted by molar-refractivity contribution is 6.30. The van der Waals surface area contributed by atoms with Crippen LogP contribution in [0.25, 0.3) is 22.2 Å². The zero-order chi connectivity index (χ0) is 30.3. The second-order valence-electron chi connectivity index (χ2n) is 12.2. The monoisotopic (exact) mass is 602 g/mol. The van der Waals surface area contributed by atoms with E-state index in [2.05, 4.69) is 12.2 Å². The quantitative estimate of drug-likeness (QED) is 0.108. The molecule has 5 aliphatic rings. The van der Waals surface area contributed by atoms with Crippen LogP contribution in [0.3, 0.4) is 0 Å². The average Bonchev–Trinajstić information content (AvgIpc) is 3.83. The number of carbonyl (C=O) groups excluding carboxylic acids is 4. The summed E-state index contributed by atoms with van der Waals surface area (Å²) in [5.74, 6) is -0.282. The summed E-state index contributed by atoms with van der Waals surface area (Å²) < 4.78 is 5.64. The molecule has 1 saturated heterocycles. The van der Waals surface area contributed by atoms with Crippen LogP contribution in [0.2, 0.25) is 5.02 Å². The molecule has 7 atom stereocenters. The van der Waals surface area contributed by atoms with Gasteiger partial charge >= 0.3 is 5.97 Å². The number of imide groups is 1. The van der Waals surface area contributed by atoms with E-state index < -0.39 is 12.1 Å². The standard InChI is InChI=1S/C36H27ClN2O5/c1-18(33(40)20-6-10-21(37)11-7-20)44-36(43)28-17-30(38-29-5-3-2-4-23(28)29)19-8-12-22(13-9-19)39-34(41)31-24-14-15-25(27-16-26(24)27)32(31)35(39)42/h2-15,17-18,24-27,31-32H,16H2,1H3. The van der Waals surface area contributed by atoms with E-state index >= 15 is 0 Å². The van der Waals surface area contributed by atoms with Crippen molar-refractivity contribution >= 4 is 51.8 Å². The van der Waals surface area contributed by atoms with Gasteiger partial charge in [0.1, 0.15) is 0 Å². The van der Waals surface area contributed by atoms with Gasteiger partial charge in [0, 0.05) is 21.5 Å². The number of Topliss-reactive ketones (excluding diaryl/α,β-unsaturated/α-hetero) is 1. The lowest BCUT2D eigenvalue weighted by Gasteiger charge is -2.37. The molecule has 1 aromatic heterocycles. The Hall–Kier alpha value is -4.62. The Bertz CT molecular complexity index is 1880. The van der Waals surface area contributed by atoms with Crippen LogP contribution in [-0.2, 0) is 14.3 Å². The van der Waals surface area contributed by atoms with Crippen molar-refractivity contribution in [3.8, 4) is 11.3 Å². The zero-order valence-corrected chi connectivity index (χ0v) is 24.5. The molecule has 218 valence electrons. The van der Waals surface area contributed by atoms with Crippen molar-refractivity contribution in [3.63, 3.8) is 0 Å². The number of fused-ring (bicyclic) bond motifs is 1.